The fourth-order valence-corrected chi connectivity index (χ4v) is 7.83. The van der Waals surface area contributed by atoms with Gasteiger partial charge in [-0.05, 0) is 111 Å². The van der Waals surface area contributed by atoms with Crippen molar-refractivity contribution in [1.82, 2.24) is 0 Å². The van der Waals surface area contributed by atoms with E-state index >= 15 is 0 Å². The number of aliphatic hydroxyl groups is 1. The molecule has 3 heteroatoms. The first-order chi connectivity index (χ1) is 13.3. The van der Waals surface area contributed by atoms with Crippen LogP contribution in [-0.2, 0) is 5.41 Å². The standard InChI is InChI=1S/C25H34O3/c1-14(2)20-4-3-19(26)10-21(20)24-22(27)8-18(9-23(24)28)25-11-15-5-16(12-25)7-17(6-15)13-25/h8-9,15-17,19-21,26-28H,1,3-7,10-13H2,2H3/t15?,16?,17?,19-,20+,21-,25?/m1/s1. The Morgan fingerprint density at radius 1 is 0.929 bits per heavy atom. The molecule has 5 saturated carbocycles. The van der Waals surface area contributed by atoms with E-state index < -0.39 is 0 Å². The van der Waals surface area contributed by atoms with Crippen molar-refractivity contribution < 1.29 is 15.3 Å². The summed E-state index contributed by atoms with van der Waals surface area (Å²) in [5.74, 6) is 3.06. The number of phenols is 2. The van der Waals surface area contributed by atoms with Crippen molar-refractivity contribution in [1.29, 1.82) is 0 Å². The molecule has 0 unspecified atom stereocenters. The molecule has 152 valence electrons. The van der Waals surface area contributed by atoms with Crippen molar-refractivity contribution in [3.05, 3.63) is 35.4 Å². The Balaban J connectivity index is 1.52. The van der Waals surface area contributed by atoms with E-state index in [9.17, 15) is 15.3 Å². The molecule has 0 saturated heterocycles. The Kier molecular flexibility index (Phi) is 4.32. The molecule has 0 aliphatic heterocycles. The number of aliphatic hydroxyl groups excluding tert-OH is 1. The van der Waals surface area contributed by atoms with Gasteiger partial charge in [-0.25, -0.2) is 0 Å². The maximum absolute atomic E-state index is 11.0. The topological polar surface area (TPSA) is 60.7 Å². The fourth-order valence-electron chi connectivity index (χ4n) is 7.83. The summed E-state index contributed by atoms with van der Waals surface area (Å²) in [6, 6.07) is 3.91. The van der Waals surface area contributed by atoms with Crippen LogP contribution in [0.15, 0.2) is 24.3 Å². The zero-order valence-electron chi connectivity index (χ0n) is 17.0. The summed E-state index contributed by atoms with van der Waals surface area (Å²) < 4.78 is 0. The number of allylic oxidation sites excluding steroid dienone is 1. The zero-order chi connectivity index (χ0) is 19.6. The van der Waals surface area contributed by atoms with Gasteiger partial charge in [0.1, 0.15) is 11.5 Å². The molecule has 0 amide bonds. The van der Waals surface area contributed by atoms with Crippen molar-refractivity contribution in [2.75, 3.05) is 0 Å². The summed E-state index contributed by atoms with van der Waals surface area (Å²) in [6.45, 7) is 6.16. The van der Waals surface area contributed by atoms with Gasteiger partial charge in [-0.2, -0.15) is 0 Å². The van der Waals surface area contributed by atoms with Crippen LogP contribution < -0.4 is 0 Å². The van der Waals surface area contributed by atoms with E-state index in [1.165, 1.54) is 38.5 Å². The smallest absolute Gasteiger partial charge is 0.123 e. The lowest BCUT2D eigenvalue weighted by atomic mass is 9.48. The first-order valence-corrected chi connectivity index (χ1v) is 11.2. The first-order valence-electron chi connectivity index (χ1n) is 11.2. The van der Waals surface area contributed by atoms with E-state index in [2.05, 4.69) is 6.58 Å². The number of benzene rings is 1. The second-order valence-electron chi connectivity index (χ2n) is 10.7. The Bertz CT molecular complexity index is 737. The minimum Gasteiger partial charge on any atom is -0.508 e. The maximum Gasteiger partial charge on any atom is 0.123 e. The average Bonchev–Trinajstić information content (AvgIpc) is 2.59. The monoisotopic (exact) mass is 382 g/mol. The van der Waals surface area contributed by atoms with Crippen LogP contribution in [0.1, 0.15) is 81.8 Å². The Morgan fingerprint density at radius 2 is 1.46 bits per heavy atom. The summed E-state index contributed by atoms with van der Waals surface area (Å²) in [5, 5.41) is 32.3. The van der Waals surface area contributed by atoms with Gasteiger partial charge < -0.3 is 15.3 Å². The third-order valence-corrected chi connectivity index (χ3v) is 8.61. The highest BCUT2D eigenvalue weighted by Gasteiger charge is 2.52. The highest BCUT2D eigenvalue weighted by atomic mass is 16.3. The Labute approximate surface area is 168 Å². The summed E-state index contributed by atoms with van der Waals surface area (Å²) in [7, 11) is 0. The molecule has 5 aliphatic carbocycles. The second-order valence-corrected chi connectivity index (χ2v) is 10.7. The molecule has 0 heterocycles. The molecule has 0 radical (unpaired) electrons. The van der Waals surface area contributed by atoms with Crippen LogP contribution in [0.2, 0.25) is 0 Å². The Hall–Kier alpha value is -1.48. The highest BCUT2D eigenvalue weighted by Crippen LogP contribution is 2.61. The van der Waals surface area contributed by atoms with Crippen LogP contribution in [0.5, 0.6) is 11.5 Å². The van der Waals surface area contributed by atoms with Crippen LogP contribution in [0, 0.1) is 23.7 Å². The molecule has 0 aromatic heterocycles. The predicted octanol–water partition coefficient (Wildman–Crippen LogP) is 5.39. The summed E-state index contributed by atoms with van der Waals surface area (Å²) in [4.78, 5) is 0. The number of hydrogen-bond acceptors (Lipinski definition) is 3. The van der Waals surface area contributed by atoms with Gasteiger partial charge in [0.2, 0.25) is 0 Å². The first kappa shape index (κ1) is 18.5. The van der Waals surface area contributed by atoms with Crippen LogP contribution in [0.25, 0.3) is 0 Å². The van der Waals surface area contributed by atoms with E-state index in [1.54, 1.807) is 0 Å². The van der Waals surface area contributed by atoms with Crippen molar-refractivity contribution in [3.63, 3.8) is 0 Å². The Morgan fingerprint density at radius 3 is 1.96 bits per heavy atom. The number of rotatable bonds is 3. The molecule has 5 aliphatic rings. The minimum atomic E-state index is -0.373. The third kappa shape index (κ3) is 2.89. The van der Waals surface area contributed by atoms with Gasteiger partial charge in [-0.15, -0.1) is 0 Å². The van der Waals surface area contributed by atoms with Crippen molar-refractivity contribution >= 4 is 0 Å². The zero-order valence-corrected chi connectivity index (χ0v) is 17.0. The van der Waals surface area contributed by atoms with Gasteiger partial charge >= 0.3 is 0 Å². The molecule has 5 fully saturated rings. The number of phenolic OH excluding ortho intramolecular Hbond substituents is 2. The van der Waals surface area contributed by atoms with Crippen LogP contribution in [0.4, 0.5) is 0 Å². The molecule has 6 rings (SSSR count). The molecule has 1 aromatic rings. The molecule has 3 nitrogen and oxygen atoms in total. The van der Waals surface area contributed by atoms with E-state index in [0.29, 0.717) is 12.0 Å². The van der Waals surface area contributed by atoms with E-state index in [4.69, 9.17) is 0 Å². The molecular weight excluding hydrogens is 348 g/mol. The van der Waals surface area contributed by atoms with Gasteiger partial charge in [0.05, 0.1) is 6.10 Å². The third-order valence-electron chi connectivity index (χ3n) is 8.61. The molecular formula is C25H34O3. The number of hydrogen-bond donors (Lipinski definition) is 3. The van der Waals surface area contributed by atoms with Crippen LogP contribution in [-0.4, -0.2) is 21.4 Å². The van der Waals surface area contributed by atoms with Gasteiger partial charge in [-0.1, -0.05) is 12.2 Å². The van der Waals surface area contributed by atoms with Gasteiger partial charge in [0.15, 0.2) is 0 Å². The average molecular weight is 383 g/mol. The van der Waals surface area contributed by atoms with Crippen molar-refractivity contribution in [3.8, 4) is 11.5 Å². The molecule has 28 heavy (non-hydrogen) atoms. The van der Waals surface area contributed by atoms with E-state index in [-0.39, 0.29) is 34.9 Å². The van der Waals surface area contributed by atoms with Gasteiger partial charge in [-0.3, -0.25) is 0 Å². The normalized spacial score (nSPS) is 41.9. The quantitative estimate of drug-likeness (QED) is 0.615. The molecule has 4 bridgehead atoms. The second kappa shape index (κ2) is 6.52. The maximum atomic E-state index is 11.0. The SMILES string of the molecule is C=C(C)[C@@H]1CC[C@@H](O)C[C@H]1c1c(O)cc(C23CC4CC(CC(C4)C2)C3)cc1O. The van der Waals surface area contributed by atoms with Crippen LogP contribution >= 0.6 is 0 Å². The number of aromatic hydroxyl groups is 2. The molecule has 3 atom stereocenters. The highest BCUT2D eigenvalue weighted by molar-refractivity contribution is 5.52. The lowest BCUT2D eigenvalue weighted by Gasteiger charge is -2.57. The summed E-state index contributed by atoms with van der Waals surface area (Å²) in [5.41, 5.74) is 3.00. The lowest BCUT2D eigenvalue weighted by Crippen LogP contribution is -2.48. The summed E-state index contributed by atoms with van der Waals surface area (Å²) >= 11 is 0. The van der Waals surface area contributed by atoms with E-state index in [0.717, 1.165) is 41.7 Å². The van der Waals surface area contributed by atoms with Gasteiger partial charge in [0, 0.05) is 11.5 Å². The van der Waals surface area contributed by atoms with E-state index in [1.807, 2.05) is 19.1 Å². The van der Waals surface area contributed by atoms with Crippen molar-refractivity contribution in [2.45, 2.75) is 82.1 Å². The molecule has 3 N–H and O–H groups in total. The van der Waals surface area contributed by atoms with Gasteiger partial charge in [0.25, 0.3) is 0 Å². The summed E-state index contributed by atoms with van der Waals surface area (Å²) in [6.07, 6.45) is 9.63. The largest absolute Gasteiger partial charge is 0.508 e. The predicted molar refractivity (Wildman–Crippen MR) is 111 cm³/mol. The van der Waals surface area contributed by atoms with Crippen LogP contribution in [0.3, 0.4) is 0 Å². The molecule has 1 aromatic carbocycles. The fraction of sp³-hybridized carbons (Fsp3) is 0.680. The lowest BCUT2D eigenvalue weighted by molar-refractivity contribution is -0.00539. The minimum absolute atomic E-state index is 0.0633. The van der Waals surface area contributed by atoms with Crippen molar-refractivity contribution in [2.24, 2.45) is 23.7 Å². The molecule has 0 spiro atoms.